The van der Waals surface area contributed by atoms with Crippen LogP contribution in [0.15, 0.2) is 24.3 Å². The highest BCUT2D eigenvalue weighted by Gasteiger charge is 2.24. The van der Waals surface area contributed by atoms with E-state index in [0.717, 1.165) is 54.5 Å². The van der Waals surface area contributed by atoms with Gasteiger partial charge in [0.2, 0.25) is 0 Å². The molecule has 0 radical (unpaired) electrons. The Balaban J connectivity index is 1.40. The van der Waals surface area contributed by atoms with E-state index >= 15 is 0 Å². The van der Waals surface area contributed by atoms with Gasteiger partial charge in [0.1, 0.15) is 11.6 Å². The molecule has 0 unspecified atom stereocenters. The van der Waals surface area contributed by atoms with E-state index < -0.39 is 0 Å². The third-order valence-electron chi connectivity index (χ3n) is 5.59. The molecule has 4 rings (SSSR count). The van der Waals surface area contributed by atoms with Gasteiger partial charge < -0.3 is 10.2 Å². The van der Waals surface area contributed by atoms with Crippen LogP contribution in [-0.2, 0) is 7.05 Å². The second-order valence-corrected chi connectivity index (χ2v) is 7.60. The fourth-order valence-corrected chi connectivity index (χ4v) is 4.24. The van der Waals surface area contributed by atoms with Crippen molar-refractivity contribution in [1.29, 1.82) is 0 Å². The Labute approximate surface area is 160 Å². The molecule has 0 aliphatic carbocycles. The Morgan fingerprint density at radius 3 is 2.78 bits per heavy atom. The minimum atomic E-state index is 0.653. The summed E-state index contributed by atoms with van der Waals surface area (Å²) < 4.78 is 1.83. The number of hydrogen-bond acceptors (Lipinski definition) is 5. The molecule has 1 aliphatic rings. The van der Waals surface area contributed by atoms with E-state index in [1.165, 1.54) is 17.5 Å². The van der Waals surface area contributed by atoms with Crippen LogP contribution in [0.25, 0.3) is 11.0 Å². The summed E-state index contributed by atoms with van der Waals surface area (Å²) >= 11 is 0. The predicted molar refractivity (Wildman–Crippen MR) is 109 cm³/mol. The maximum absolute atomic E-state index is 4.62. The highest BCUT2D eigenvalue weighted by molar-refractivity contribution is 5.89. The van der Waals surface area contributed by atoms with Crippen LogP contribution < -0.4 is 5.32 Å². The summed E-state index contributed by atoms with van der Waals surface area (Å²) in [4.78, 5) is 11.7. The van der Waals surface area contributed by atoms with E-state index in [2.05, 4.69) is 56.5 Å². The summed E-state index contributed by atoms with van der Waals surface area (Å²) in [6.07, 6.45) is 1.24. The first-order valence-corrected chi connectivity index (χ1v) is 9.72. The van der Waals surface area contributed by atoms with Gasteiger partial charge >= 0.3 is 0 Å². The molecule has 0 bridgehead atoms. The number of hydrogen-bond donors (Lipinski definition) is 1. The zero-order valence-electron chi connectivity index (χ0n) is 16.7. The second-order valence-electron chi connectivity index (χ2n) is 7.60. The van der Waals surface area contributed by atoms with Crippen LogP contribution in [0.2, 0.25) is 0 Å². The molecule has 142 valence electrons. The molecular formula is C21H28N6. The molecule has 2 aromatic heterocycles. The van der Waals surface area contributed by atoms with Crippen molar-refractivity contribution in [2.45, 2.75) is 33.1 Å². The Morgan fingerprint density at radius 2 is 1.96 bits per heavy atom. The number of nitrogens with zero attached hydrogens (tertiary/aromatic N) is 5. The molecule has 1 N–H and O–H groups in total. The topological polar surface area (TPSA) is 58.9 Å². The van der Waals surface area contributed by atoms with Crippen LogP contribution in [0.1, 0.15) is 35.0 Å². The van der Waals surface area contributed by atoms with Gasteiger partial charge in [-0.2, -0.15) is 5.10 Å². The van der Waals surface area contributed by atoms with Crippen LogP contribution in [0.5, 0.6) is 0 Å². The van der Waals surface area contributed by atoms with Crippen LogP contribution in [-0.4, -0.2) is 50.8 Å². The summed E-state index contributed by atoms with van der Waals surface area (Å²) in [5, 5.41) is 9.05. The lowest BCUT2D eigenvalue weighted by atomic mass is 9.94. The fourth-order valence-electron chi connectivity index (χ4n) is 4.24. The number of fused-ring (bicyclic) bond motifs is 1. The molecule has 0 spiro atoms. The standard InChI is InChI=1S/C21H28N6/c1-14-7-5-6-8-18(14)17-9-11-27(13-17)12-10-22-20-19-15(2)25-26(4)21(19)24-16(3)23-20/h5-8,17H,9-13H2,1-4H3,(H,22,23,24)/t17-/m0/s1. The highest BCUT2D eigenvalue weighted by Crippen LogP contribution is 2.29. The van der Waals surface area contributed by atoms with Gasteiger partial charge in [0.25, 0.3) is 0 Å². The van der Waals surface area contributed by atoms with Crippen LogP contribution in [0.3, 0.4) is 0 Å². The van der Waals surface area contributed by atoms with Crippen molar-refractivity contribution in [3.8, 4) is 0 Å². The van der Waals surface area contributed by atoms with Crippen molar-refractivity contribution < 1.29 is 0 Å². The van der Waals surface area contributed by atoms with Crippen molar-refractivity contribution >= 4 is 16.9 Å². The first-order chi connectivity index (χ1) is 13.0. The fraction of sp³-hybridized carbons (Fsp3) is 0.476. The summed E-state index contributed by atoms with van der Waals surface area (Å²) in [5.41, 5.74) is 4.78. The minimum absolute atomic E-state index is 0.653. The largest absolute Gasteiger partial charge is 0.368 e. The molecule has 6 heteroatoms. The SMILES string of the molecule is Cc1nc(NCCN2CC[C@H](c3ccccc3C)C2)c2c(C)nn(C)c2n1. The number of aryl methyl sites for hydroxylation is 4. The van der Waals surface area contributed by atoms with E-state index in [1.54, 1.807) is 0 Å². The molecule has 27 heavy (non-hydrogen) atoms. The minimum Gasteiger partial charge on any atom is -0.368 e. The summed E-state index contributed by atoms with van der Waals surface area (Å²) in [5.74, 6) is 2.33. The van der Waals surface area contributed by atoms with E-state index in [0.29, 0.717) is 5.92 Å². The predicted octanol–water partition coefficient (Wildman–Crippen LogP) is 3.19. The van der Waals surface area contributed by atoms with Crippen LogP contribution >= 0.6 is 0 Å². The molecule has 1 saturated heterocycles. The summed E-state index contributed by atoms with van der Waals surface area (Å²) in [7, 11) is 1.93. The molecule has 1 aliphatic heterocycles. The normalized spacial score (nSPS) is 17.7. The number of rotatable bonds is 5. The molecule has 0 saturated carbocycles. The van der Waals surface area contributed by atoms with Gasteiger partial charge in [-0.1, -0.05) is 24.3 Å². The van der Waals surface area contributed by atoms with Gasteiger partial charge in [0.05, 0.1) is 11.1 Å². The summed E-state index contributed by atoms with van der Waals surface area (Å²) in [6.45, 7) is 10.4. The quantitative estimate of drug-likeness (QED) is 0.753. The van der Waals surface area contributed by atoms with E-state index in [4.69, 9.17) is 0 Å². The molecule has 1 atom stereocenters. The zero-order valence-corrected chi connectivity index (χ0v) is 16.7. The molecule has 0 amide bonds. The number of likely N-dealkylation sites (tertiary alicyclic amines) is 1. The van der Waals surface area contributed by atoms with Crippen molar-refractivity contribution in [2.75, 3.05) is 31.5 Å². The first kappa shape index (κ1) is 17.9. The third-order valence-corrected chi connectivity index (χ3v) is 5.59. The molecule has 6 nitrogen and oxygen atoms in total. The van der Waals surface area contributed by atoms with E-state index in [1.807, 2.05) is 25.6 Å². The van der Waals surface area contributed by atoms with E-state index in [9.17, 15) is 0 Å². The monoisotopic (exact) mass is 364 g/mol. The van der Waals surface area contributed by atoms with Gasteiger partial charge in [0, 0.05) is 26.7 Å². The number of benzene rings is 1. The average Bonchev–Trinajstić information content (AvgIpc) is 3.20. The molecule has 1 fully saturated rings. The number of aromatic nitrogens is 4. The Kier molecular flexibility index (Phi) is 4.83. The van der Waals surface area contributed by atoms with Gasteiger partial charge in [-0.25, -0.2) is 9.97 Å². The third kappa shape index (κ3) is 3.54. The van der Waals surface area contributed by atoms with Crippen molar-refractivity contribution in [3.05, 3.63) is 46.9 Å². The zero-order chi connectivity index (χ0) is 19.0. The maximum atomic E-state index is 4.62. The Hall–Kier alpha value is -2.47. The second kappa shape index (κ2) is 7.27. The van der Waals surface area contributed by atoms with Gasteiger partial charge in [-0.05, 0) is 50.8 Å². The summed E-state index contributed by atoms with van der Waals surface area (Å²) in [6, 6.07) is 8.79. The van der Waals surface area contributed by atoms with Gasteiger partial charge in [0.15, 0.2) is 5.65 Å². The van der Waals surface area contributed by atoms with Gasteiger partial charge in [-0.3, -0.25) is 4.68 Å². The lowest BCUT2D eigenvalue weighted by molar-refractivity contribution is 0.347. The highest BCUT2D eigenvalue weighted by atomic mass is 15.3. The van der Waals surface area contributed by atoms with Crippen molar-refractivity contribution in [1.82, 2.24) is 24.6 Å². The van der Waals surface area contributed by atoms with Crippen LogP contribution in [0, 0.1) is 20.8 Å². The average molecular weight is 364 g/mol. The number of anilines is 1. The van der Waals surface area contributed by atoms with E-state index in [-0.39, 0.29) is 0 Å². The lowest BCUT2D eigenvalue weighted by Gasteiger charge is -2.18. The van der Waals surface area contributed by atoms with Crippen molar-refractivity contribution in [2.24, 2.45) is 7.05 Å². The van der Waals surface area contributed by atoms with Gasteiger partial charge in [-0.15, -0.1) is 0 Å². The smallest absolute Gasteiger partial charge is 0.163 e. The first-order valence-electron chi connectivity index (χ1n) is 9.72. The number of nitrogens with one attached hydrogen (secondary N) is 1. The Bertz CT molecular complexity index is 961. The maximum Gasteiger partial charge on any atom is 0.163 e. The van der Waals surface area contributed by atoms with Crippen LogP contribution in [0.4, 0.5) is 5.82 Å². The molecule has 3 heterocycles. The molecule has 3 aromatic rings. The van der Waals surface area contributed by atoms with Crippen molar-refractivity contribution in [3.63, 3.8) is 0 Å². The molecule has 1 aromatic carbocycles. The lowest BCUT2D eigenvalue weighted by Crippen LogP contribution is -2.27. The molecular weight excluding hydrogens is 336 g/mol. The Morgan fingerprint density at radius 1 is 1.15 bits per heavy atom.